The van der Waals surface area contributed by atoms with Gasteiger partial charge in [0.1, 0.15) is 6.17 Å². The molecule has 8 atom stereocenters. The molecule has 5 heteroatoms. The minimum absolute atomic E-state index is 0.102. The van der Waals surface area contributed by atoms with Gasteiger partial charge in [0, 0.05) is 11.4 Å². The van der Waals surface area contributed by atoms with Gasteiger partial charge in [0.25, 0.3) is 0 Å². The van der Waals surface area contributed by atoms with Crippen LogP contribution >= 0.6 is 11.9 Å². The number of alkyl halides is 1. The summed E-state index contributed by atoms with van der Waals surface area (Å²) in [5.74, 6) is 3.45. The van der Waals surface area contributed by atoms with Crippen molar-refractivity contribution >= 4 is 18.0 Å². The molecule has 4 fully saturated rings. The number of halogens is 1. The Balaban J connectivity index is 1.07. The normalized spacial score (nSPS) is 38.6. The van der Waals surface area contributed by atoms with E-state index in [1.54, 1.807) is 0 Å². The lowest BCUT2D eigenvalue weighted by atomic mass is 9.44. The van der Waals surface area contributed by atoms with Crippen molar-refractivity contribution in [2.24, 2.45) is 40.4 Å². The molecule has 212 valence electrons. The molecule has 1 aromatic rings. The Bertz CT molecular complexity index is 976. The fourth-order valence-electron chi connectivity index (χ4n) is 9.63. The summed E-state index contributed by atoms with van der Waals surface area (Å²) in [5.41, 5.74) is 2.11. The highest BCUT2D eigenvalue weighted by Gasteiger charge is 2.60. The highest BCUT2D eigenvalue weighted by atomic mass is 32.2. The summed E-state index contributed by atoms with van der Waals surface area (Å²) in [6.45, 7) is 12.4. The summed E-state index contributed by atoms with van der Waals surface area (Å²) in [7, 11) is 0. The highest BCUT2D eigenvalue weighted by Crippen LogP contribution is 2.68. The fraction of sp³-hybridized carbons (Fsp3) is 0.788. The van der Waals surface area contributed by atoms with Crippen LogP contribution in [0.1, 0.15) is 111 Å². The molecule has 2 N–H and O–H groups in total. The van der Waals surface area contributed by atoms with Crippen molar-refractivity contribution in [2.75, 3.05) is 6.54 Å². The number of hydrogen-bond acceptors (Lipinski definition) is 2. The van der Waals surface area contributed by atoms with Crippen LogP contribution < -0.4 is 10.0 Å². The van der Waals surface area contributed by atoms with Gasteiger partial charge in [0.05, 0.1) is 0 Å². The van der Waals surface area contributed by atoms with Crippen molar-refractivity contribution in [2.45, 2.75) is 122 Å². The SMILES string of the molecule is CC(C)(C)c1ccc(SNC(=O)NCCCC2CCC3C4CCC5C(F)CCCC5(C)C4CCC23C)cc1. The van der Waals surface area contributed by atoms with Gasteiger partial charge < -0.3 is 5.32 Å². The molecular weight excluding hydrogens is 491 g/mol. The maximum absolute atomic E-state index is 14.9. The predicted octanol–water partition coefficient (Wildman–Crippen LogP) is 9.07. The Labute approximate surface area is 235 Å². The number of hydrogen-bond donors (Lipinski definition) is 2. The third kappa shape index (κ3) is 5.39. The van der Waals surface area contributed by atoms with Crippen molar-refractivity contribution in [3.05, 3.63) is 29.8 Å². The number of urea groups is 1. The molecule has 0 radical (unpaired) electrons. The zero-order valence-electron chi connectivity index (χ0n) is 24.5. The first-order chi connectivity index (χ1) is 18.0. The van der Waals surface area contributed by atoms with E-state index < -0.39 is 6.17 Å². The van der Waals surface area contributed by atoms with Crippen molar-refractivity contribution in [3.63, 3.8) is 0 Å². The summed E-state index contributed by atoms with van der Waals surface area (Å²) < 4.78 is 17.8. The molecular formula is C33H51FN2OS. The fourth-order valence-corrected chi connectivity index (χ4v) is 10.2. The summed E-state index contributed by atoms with van der Waals surface area (Å²) >= 11 is 1.38. The first kappa shape index (κ1) is 28.3. The molecule has 2 amide bonds. The van der Waals surface area contributed by atoms with Crippen molar-refractivity contribution in [1.82, 2.24) is 10.0 Å². The van der Waals surface area contributed by atoms with Crippen molar-refractivity contribution in [1.29, 1.82) is 0 Å². The van der Waals surface area contributed by atoms with Crippen LogP contribution in [0.2, 0.25) is 0 Å². The first-order valence-corrected chi connectivity index (χ1v) is 16.3. The quantitative estimate of drug-likeness (QED) is 0.278. The Morgan fingerprint density at radius 1 is 0.947 bits per heavy atom. The number of fused-ring (bicyclic) bond motifs is 5. The van der Waals surface area contributed by atoms with Crippen LogP contribution in [-0.4, -0.2) is 18.7 Å². The van der Waals surface area contributed by atoms with Gasteiger partial charge >= 0.3 is 6.03 Å². The van der Waals surface area contributed by atoms with Crippen molar-refractivity contribution < 1.29 is 9.18 Å². The van der Waals surface area contributed by atoms with Gasteiger partial charge in [-0.05, 0) is 146 Å². The van der Waals surface area contributed by atoms with Crippen LogP contribution in [-0.2, 0) is 5.41 Å². The summed E-state index contributed by atoms with van der Waals surface area (Å²) in [5, 5.41) is 3.08. The molecule has 4 aliphatic rings. The topological polar surface area (TPSA) is 41.1 Å². The van der Waals surface area contributed by atoms with E-state index in [0.29, 0.717) is 11.3 Å². The first-order valence-electron chi connectivity index (χ1n) is 15.5. The monoisotopic (exact) mass is 542 g/mol. The van der Waals surface area contributed by atoms with Gasteiger partial charge in [-0.1, -0.05) is 46.8 Å². The van der Waals surface area contributed by atoms with Gasteiger partial charge in [0.2, 0.25) is 0 Å². The molecule has 4 saturated carbocycles. The molecule has 0 saturated heterocycles. The van der Waals surface area contributed by atoms with Gasteiger partial charge in [-0.2, -0.15) is 0 Å². The third-order valence-corrected chi connectivity index (χ3v) is 12.6. The zero-order valence-corrected chi connectivity index (χ0v) is 25.3. The lowest BCUT2D eigenvalue weighted by Crippen LogP contribution is -2.54. The Morgan fingerprint density at radius 2 is 1.66 bits per heavy atom. The minimum atomic E-state index is -0.559. The minimum Gasteiger partial charge on any atom is -0.337 e. The van der Waals surface area contributed by atoms with Crippen LogP contribution in [0.3, 0.4) is 0 Å². The summed E-state index contributed by atoms with van der Waals surface area (Å²) in [6.07, 6.45) is 12.5. The number of benzene rings is 1. The van der Waals surface area contributed by atoms with Gasteiger partial charge in [-0.3, -0.25) is 4.72 Å². The smallest absolute Gasteiger partial charge is 0.325 e. The molecule has 0 aromatic heterocycles. The third-order valence-electron chi connectivity index (χ3n) is 11.8. The lowest BCUT2D eigenvalue weighted by molar-refractivity contribution is -0.130. The zero-order chi connectivity index (χ0) is 27.1. The molecule has 0 heterocycles. The largest absolute Gasteiger partial charge is 0.337 e. The van der Waals surface area contributed by atoms with E-state index in [-0.39, 0.29) is 16.9 Å². The van der Waals surface area contributed by atoms with E-state index in [4.69, 9.17) is 0 Å². The highest BCUT2D eigenvalue weighted by molar-refractivity contribution is 7.98. The van der Waals surface area contributed by atoms with Crippen LogP contribution in [0.25, 0.3) is 0 Å². The second-order valence-electron chi connectivity index (χ2n) is 14.7. The molecule has 38 heavy (non-hydrogen) atoms. The molecule has 3 nitrogen and oxygen atoms in total. The Hall–Kier alpha value is -1.23. The van der Waals surface area contributed by atoms with Crippen molar-refractivity contribution in [3.8, 4) is 0 Å². The maximum atomic E-state index is 14.9. The standard InChI is InChI=1S/C33H51FN2OS/c1-31(2,3)22-10-13-24(14-11-22)38-36-30(37)35-21-7-8-23-12-16-26-25-15-17-28-29(34)9-6-19-33(28,5)27(25)18-20-32(23,26)4/h10-11,13-14,23,25-29H,6-9,12,15-21H2,1-5H3,(H2,35,36,37). The predicted molar refractivity (Wildman–Crippen MR) is 157 cm³/mol. The second-order valence-corrected chi connectivity index (χ2v) is 15.5. The Morgan fingerprint density at radius 3 is 2.39 bits per heavy atom. The molecule has 0 bridgehead atoms. The lowest BCUT2D eigenvalue weighted by Gasteiger charge is -2.61. The van der Waals surface area contributed by atoms with Crippen LogP contribution in [0.15, 0.2) is 29.2 Å². The van der Waals surface area contributed by atoms with E-state index in [2.05, 4.69) is 68.9 Å². The molecule has 0 aliphatic heterocycles. The van der Waals surface area contributed by atoms with E-state index in [0.717, 1.165) is 60.8 Å². The Kier molecular flexibility index (Phi) is 8.18. The van der Waals surface area contributed by atoms with E-state index >= 15 is 0 Å². The summed E-state index contributed by atoms with van der Waals surface area (Å²) in [6, 6.07) is 8.34. The number of amides is 2. The number of carbonyl (C=O) groups is 1. The van der Waals surface area contributed by atoms with Crippen LogP contribution in [0.5, 0.6) is 0 Å². The molecule has 1 aromatic carbocycles. The molecule has 4 aliphatic carbocycles. The maximum Gasteiger partial charge on any atom is 0.325 e. The van der Waals surface area contributed by atoms with E-state index in [1.165, 1.54) is 62.5 Å². The summed E-state index contributed by atoms with van der Waals surface area (Å²) in [4.78, 5) is 13.4. The number of rotatable bonds is 6. The molecule has 0 spiro atoms. The number of nitrogens with one attached hydrogen (secondary N) is 2. The molecule has 8 unspecified atom stereocenters. The van der Waals surface area contributed by atoms with E-state index in [9.17, 15) is 9.18 Å². The molecule has 5 rings (SSSR count). The van der Waals surface area contributed by atoms with Gasteiger partial charge in [0.15, 0.2) is 0 Å². The number of carbonyl (C=O) groups excluding carboxylic acids is 1. The van der Waals surface area contributed by atoms with Gasteiger partial charge in [-0.15, -0.1) is 0 Å². The van der Waals surface area contributed by atoms with Crippen LogP contribution in [0, 0.1) is 40.4 Å². The average molecular weight is 543 g/mol. The van der Waals surface area contributed by atoms with Gasteiger partial charge in [-0.25, -0.2) is 9.18 Å². The van der Waals surface area contributed by atoms with E-state index in [1.807, 2.05) is 0 Å². The van der Waals surface area contributed by atoms with Crippen LogP contribution in [0.4, 0.5) is 9.18 Å². The average Bonchev–Trinajstić information content (AvgIpc) is 3.21. The second kappa shape index (κ2) is 11.0.